The van der Waals surface area contributed by atoms with Crippen molar-refractivity contribution in [3.05, 3.63) is 58.1 Å². The minimum Gasteiger partial charge on any atom is -0.493 e. The summed E-state index contributed by atoms with van der Waals surface area (Å²) in [6.07, 6.45) is 0. The second-order valence-corrected chi connectivity index (χ2v) is 6.96. The van der Waals surface area contributed by atoms with E-state index >= 15 is 0 Å². The van der Waals surface area contributed by atoms with Crippen molar-refractivity contribution in [1.29, 1.82) is 0 Å². The van der Waals surface area contributed by atoms with Crippen molar-refractivity contribution in [3.63, 3.8) is 0 Å². The van der Waals surface area contributed by atoms with E-state index in [-0.39, 0.29) is 11.0 Å². The van der Waals surface area contributed by atoms with Gasteiger partial charge in [0.15, 0.2) is 5.11 Å². The Balaban J connectivity index is 1.96. The van der Waals surface area contributed by atoms with Crippen molar-refractivity contribution in [1.82, 2.24) is 5.32 Å². The molecule has 0 radical (unpaired) electrons. The highest BCUT2D eigenvalue weighted by molar-refractivity contribution is 7.80. The molecule has 7 heteroatoms. The lowest BCUT2D eigenvalue weighted by Crippen LogP contribution is -2.34. The fourth-order valence-electron chi connectivity index (χ4n) is 1.90. The van der Waals surface area contributed by atoms with Crippen LogP contribution in [0.3, 0.4) is 0 Å². The molecule has 0 aliphatic carbocycles. The van der Waals surface area contributed by atoms with Crippen LogP contribution in [-0.2, 0) is 0 Å². The summed E-state index contributed by atoms with van der Waals surface area (Å²) in [5, 5.41) is 6.36. The molecule has 0 unspecified atom stereocenters. The molecule has 0 spiro atoms. The van der Waals surface area contributed by atoms with E-state index in [1.54, 1.807) is 42.5 Å². The van der Waals surface area contributed by atoms with Gasteiger partial charge in [-0.15, -0.1) is 0 Å². The second-order valence-electron chi connectivity index (χ2n) is 5.73. The maximum Gasteiger partial charge on any atom is 0.257 e. The molecule has 2 rings (SSSR count). The molecular weight excluding hydrogens is 379 g/mol. The first-order valence-electron chi connectivity index (χ1n) is 7.66. The number of benzene rings is 2. The van der Waals surface area contributed by atoms with Crippen LogP contribution in [0.15, 0.2) is 42.5 Å². The Bertz CT molecular complexity index is 744. The van der Waals surface area contributed by atoms with Crippen LogP contribution in [0.4, 0.5) is 5.69 Å². The number of rotatable bonds is 5. The number of carbonyl (C=O) groups excluding carboxylic acids is 1. The van der Waals surface area contributed by atoms with Gasteiger partial charge in [-0.05, 0) is 54.5 Å². The van der Waals surface area contributed by atoms with Gasteiger partial charge in [0.05, 0.1) is 22.3 Å². The van der Waals surface area contributed by atoms with Gasteiger partial charge in [0, 0.05) is 5.56 Å². The van der Waals surface area contributed by atoms with Crippen LogP contribution in [0, 0.1) is 5.92 Å². The maximum atomic E-state index is 12.2. The van der Waals surface area contributed by atoms with Crippen LogP contribution in [-0.4, -0.2) is 17.6 Å². The van der Waals surface area contributed by atoms with Crippen LogP contribution in [0.2, 0.25) is 10.0 Å². The summed E-state index contributed by atoms with van der Waals surface area (Å²) in [5.41, 5.74) is 0.917. The Morgan fingerprint density at radius 3 is 2.28 bits per heavy atom. The zero-order valence-corrected chi connectivity index (χ0v) is 16.1. The van der Waals surface area contributed by atoms with Crippen molar-refractivity contribution in [2.75, 3.05) is 11.9 Å². The molecule has 0 saturated heterocycles. The van der Waals surface area contributed by atoms with Gasteiger partial charge in [-0.1, -0.05) is 43.1 Å². The standard InChI is InChI=1S/C18H18Cl2N2O2S/c1-11(2)10-24-13-8-6-12(7-9-13)17(23)22-18(25)21-16-14(19)4-3-5-15(16)20/h3-9,11H,10H2,1-2H3,(H2,21,22,23,25). The number of halogens is 2. The van der Waals surface area contributed by atoms with Gasteiger partial charge in [-0.3, -0.25) is 10.1 Å². The number of nitrogens with one attached hydrogen (secondary N) is 2. The van der Waals surface area contributed by atoms with Gasteiger partial charge in [0.1, 0.15) is 5.75 Å². The fraction of sp³-hybridized carbons (Fsp3) is 0.222. The van der Waals surface area contributed by atoms with E-state index < -0.39 is 0 Å². The first-order valence-corrected chi connectivity index (χ1v) is 8.82. The Kier molecular flexibility index (Phi) is 7.05. The lowest BCUT2D eigenvalue weighted by atomic mass is 10.2. The highest BCUT2D eigenvalue weighted by Gasteiger charge is 2.11. The number of hydrogen-bond acceptors (Lipinski definition) is 3. The lowest BCUT2D eigenvalue weighted by molar-refractivity contribution is 0.0977. The number of amides is 1. The third kappa shape index (κ3) is 5.88. The molecule has 0 aliphatic heterocycles. The van der Waals surface area contributed by atoms with E-state index in [0.29, 0.717) is 39.6 Å². The Hall–Kier alpha value is -1.82. The highest BCUT2D eigenvalue weighted by Crippen LogP contribution is 2.29. The van der Waals surface area contributed by atoms with Crippen LogP contribution >= 0.6 is 35.4 Å². The number of anilines is 1. The molecule has 0 bridgehead atoms. The first kappa shape index (κ1) is 19.5. The summed E-state index contributed by atoms with van der Waals surface area (Å²) in [5.74, 6) is 0.813. The van der Waals surface area contributed by atoms with Crippen molar-refractivity contribution in [2.45, 2.75) is 13.8 Å². The van der Waals surface area contributed by atoms with E-state index in [0.717, 1.165) is 0 Å². The molecule has 2 aromatic rings. The molecular formula is C18H18Cl2N2O2S. The second kappa shape index (κ2) is 9.04. The predicted octanol–water partition coefficient (Wildman–Crippen LogP) is 5.16. The Morgan fingerprint density at radius 2 is 1.72 bits per heavy atom. The largest absolute Gasteiger partial charge is 0.493 e. The molecule has 0 saturated carbocycles. The van der Waals surface area contributed by atoms with Gasteiger partial charge >= 0.3 is 0 Å². The van der Waals surface area contributed by atoms with E-state index in [9.17, 15) is 4.79 Å². The molecule has 0 fully saturated rings. The number of para-hydroxylation sites is 1. The van der Waals surface area contributed by atoms with Gasteiger partial charge in [-0.2, -0.15) is 0 Å². The normalized spacial score (nSPS) is 10.4. The average Bonchev–Trinajstić information content (AvgIpc) is 2.57. The van der Waals surface area contributed by atoms with Crippen molar-refractivity contribution >= 4 is 52.1 Å². The van der Waals surface area contributed by atoms with Crippen molar-refractivity contribution in [3.8, 4) is 5.75 Å². The number of thiocarbonyl (C=S) groups is 1. The molecule has 0 aromatic heterocycles. The maximum absolute atomic E-state index is 12.2. The minimum absolute atomic E-state index is 0.111. The SMILES string of the molecule is CC(C)COc1ccc(C(=O)NC(=S)Nc2c(Cl)cccc2Cl)cc1. The molecule has 2 N–H and O–H groups in total. The third-order valence-corrected chi connectivity index (χ3v) is 3.96. The average molecular weight is 397 g/mol. The molecule has 4 nitrogen and oxygen atoms in total. The monoisotopic (exact) mass is 396 g/mol. The molecule has 25 heavy (non-hydrogen) atoms. The van der Waals surface area contributed by atoms with E-state index in [1.807, 2.05) is 0 Å². The van der Waals surface area contributed by atoms with Gasteiger partial charge in [0.25, 0.3) is 5.91 Å². The number of hydrogen-bond donors (Lipinski definition) is 2. The first-order chi connectivity index (χ1) is 11.9. The Morgan fingerprint density at radius 1 is 1.12 bits per heavy atom. The van der Waals surface area contributed by atoms with Crippen LogP contribution < -0.4 is 15.4 Å². The van der Waals surface area contributed by atoms with Gasteiger partial charge in [-0.25, -0.2) is 0 Å². The smallest absolute Gasteiger partial charge is 0.257 e. The molecule has 0 atom stereocenters. The highest BCUT2D eigenvalue weighted by atomic mass is 35.5. The van der Waals surface area contributed by atoms with Crippen LogP contribution in [0.1, 0.15) is 24.2 Å². The quantitative estimate of drug-likeness (QED) is 0.685. The van der Waals surface area contributed by atoms with E-state index in [4.69, 9.17) is 40.2 Å². The molecule has 2 aromatic carbocycles. The summed E-state index contributed by atoms with van der Waals surface area (Å²) in [6.45, 7) is 4.76. The number of ether oxygens (including phenoxy) is 1. The third-order valence-electron chi connectivity index (χ3n) is 3.13. The van der Waals surface area contributed by atoms with Gasteiger partial charge in [0.2, 0.25) is 0 Å². The summed E-state index contributed by atoms with van der Waals surface area (Å²) in [4.78, 5) is 12.2. The topological polar surface area (TPSA) is 50.4 Å². The van der Waals surface area contributed by atoms with E-state index in [2.05, 4.69) is 24.5 Å². The summed E-state index contributed by atoms with van der Waals surface area (Å²) < 4.78 is 5.59. The minimum atomic E-state index is -0.337. The van der Waals surface area contributed by atoms with Crippen molar-refractivity contribution < 1.29 is 9.53 Å². The van der Waals surface area contributed by atoms with Crippen LogP contribution in [0.5, 0.6) is 5.75 Å². The van der Waals surface area contributed by atoms with E-state index in [1.165, 1.54) is 0 Å². The summed E-state index contributed by atoms with van der Waals surface area (Å²) in [6, 6.07) is 11.9. The molecule has 1 amide bonds. The van der Waals surface area contributed by atoms with Crippen molar-refractivity contribution in [2.24, 2.45) is 5.92 Å². The zero-order chi connectivity index (χ0) is 18.4. The molecule has 132 valence electrons. The molecule has 0 heterocycles. The lowest BCUT2D eigenvalue weighted by Gasteiger charge is -2.12. The summed E-state index contributed by atoms with van der Waals surface area (Å²) in [7, 11) is 0. The molecule has 0 aliphatic rings. The van der Waals surface area contributed by atoms with Gasteiger partial charge < -0.3 is 10.1 Å². The van der Waals surface area contributed by atoms with Crippen LogP contribution in [0.25, 0.3) is 0 Å². The Labute approximate surface area is 162 Å². The predicted molar refractivity (Wildman–Crippen MR) is 107 cm³/mol. The fourth-order valence-corrected chi connectivity index (χ4v) is 2.59. The number of carbonyl (C=O) groups is 1. The summed E-state index contributed by atoms with van der Waals surface area (Å²) >= 11 is 17.3. The zero-order valence-electron chi connectivity index (χ0n) is 13.8.